The number of phosphoric ester groups is 1. The number of alkyl halides is 1. The molecule has 0 aromatic carbocycles. The third-order valence-corrected chi connectivity index (χ3v) is 10.6. The topological polar surface area (TPSA) is 243 Å². The average Bonchev–Trinajstić information content (AvgIpc) is 3.68. The minimum atomic E-state index is -4.85. The van der Waals surface area contributed by atoms with Gasteiger partial charge >= 0.3 is 14.5 Å². The maximum atomic E-state index is 16.0. The molecule has 1 saturated carbocycles. The zero-order chi connectivity index (χ0) is 31.4. The lowest BCUT2D eigenvalue weighted by atomic mass is 9.70. The van der Waals surface area contributed by atoms with Gasteiger partial charge in [0.15, 0.2) is 35.3 Å². The van der Waals surface area contributed by atoms with E-state index in [2.05, 4.69) is 29.9 Å². The lowest BCUT2D eigenvalue weighted by Gasteiger charge is -2.43. The molecule has 2 fully saturated rings. The molecule has 0 spiro atoms. The molecule has 6 N–H and O–H groups in total. The number of fused-ring (bicyclic) bond motifs is 2. The van der Waals surface area contributed by atoms with Crippen molar-refractivity contribution in [2.24, 2.45) is 11.8 Å². The molecule has 0 bridgehead atoms. The van der Waals surface area contributed by atoms with Crippen molar-refractivity contribution in [1.29, 1.82) is 0 Å². The summed E-state index contributed by atoms with van der Waals surface area (Å²) < 4.78 is 58.7. The average molecular weight is 675 g/mol. The standard InChI is InChI=1S/C22H29FN10O8P2S/c1-10-11(3-12(10)32-8-30-15-18(24)26-6-28-20(15)32)4-38-42(34,35)41-17-13(5-39-43(36,44)37-2)40-22(14(17)23)33-9-31-16-19(25)27-7-29-21(16)33/h6-14,17,22H,3-5H2,1-2H3,(H,34,35)(H,36,44)(H2,24,26,28)(H2,25,27,29)/t10-,11-,12-,13-,14-,17-,22-,43?/m1/s1. The van der Waals surface area contributed by atoms with E-state index in [1.807, 2.05) is 11.5 Å². The normalized spacial score (nSPS) is 29.9. The van der Waals surface area contributed by atoms with Gasteiger partial charge in [-0.15, -0.1) is 0 Å². The van der Waals surface area contributed by atoms with Gasteiger partial charge in [-0.2, -0.15) is 0 Å². The second-order valence-electron chi connectivity index (χ2n) is 10.4. The van der Waals surface area contributed by atoms with E-state index in [1.165, 1.54) is 23.5 Å². The van der Waals surface area contributed by atoms with Gasteiger partial charge in [-0.3, -0.25) is 13.6 Å². The van der Waals surface area contributed by atoms with Crippen LogP contribution in [0.25, 0.3) is 22.3 Å². The Morgan fingerprint density at radius 1 is 1.02 bits per heavy atom. The zero-order valence-corrected chi connectivity index (χ0v) is 25.8. The Balaban J connectivity index is 1.14. The van der Waals surface area contributed by atoms with Crippen LogP contribution in [0.3, 0.4) is 0 Å². The first-order chi connectivity index (χ1) is 20.9. The predicted molar refractivity (Wildman–Crippen MR) is 155 cm³/mol. The number of ether oxygens (including phenoxy) is 1. The number of nitrogen functional groups attached to an aromatic ring is 2. The van der Waals surface area contributed by atoms with E-state index in [0.29, 0.717) is 17.6 Å². The molecule has 22 heteroatoms. The molecule has 2 unspecified atom stereocenters. The number of imidazole rings is 2. The third-order valence-electron chi connectivity index (χ3n) is 7.91. The van der Waals surface area contributed by atoms with Crippen molar-refractivity contribution in [3.05, 3.63) is 25.3 Å². The van der Waals surface area contributed by atoms with Gasteiger partial charge in [-0.05, 0) is 30.1 Å². The fraction of sp³-hybridized carbons (Fsp3) is 0.545. The van der Waals surface area contributed by atoms with Gasteiger partial charge in [-0.25, -0.2) is 38.9 Å². The smallest absolute Gasteiger partial charge is 0.382 e. The summed E-state index contributed by atoms with van der Waals surface area (Å²) in [5, 5.41) is 0. The summed E-state index contributed by atoms with van der Waals surface area (Å²) in [5.74, 6) is 0.213. The molecule has 44 heavy (non-hydrogen) atoms. The van der Waals surface area contributed by atoms with Gasteiger partial charge in [-0.1, -0.05) is 6.92 Å². The van der Waals surface area contributed by atoms with Crippen molar-refractivity contribution in [2.75, 3.05) is 31.8 Å². The molecule has 9 atom stereocenters. The van der Waals surface area contributed by atoms with E-state index >= 15 is 4.39 Å². The predicted octanol–water partition coefficient (Wildman–Crippen LogP) is 1.65. The van der Waals surface area contributed by atoms with Crippen molar-refractivity contribution in [2.45, 2.75) is 44.0 Å². The van der Waals surface area contributed by atoms with Crippen LogP contribution >= 0.6 is 14.5 Å². The van der Waals surface area contributed by atoms with Gasteiger partial charge in [0.05, 0.1) is 25.9 Å². The monoisotopic (exact) mass is 674 g/mol. The van der Waals surface area contributed by atoms with Crippen molar-refractivity contribution in [3.8, 4) is 0 Å². The van der Waals surface area contributed by atoms with Crippen LogP contribution in [0.2, 0.25) is 0 Å². The molecule has 1 saturated heterocycles. The molecule has 4 aromatic rings. The minimum absolute atomic E-state index is 0.00421. The maximum absolute atomic E-state index is 16.0. The van der Waals surface area contributed by atoms with Crippen LogP contribution < -0.4 is 11.5 Å². The van der Waals surface area contributed by atoms with Gasteiger partial charge in [0.1, 0.15) is 35.9 Å². The fourth-order valence-electron chi connectivity index (χ4n) is 5.39. The summed E-state index contributed by atoms with van der Waals surface area (Å²) in [6, 6.07) is -0.00764. The Morgan fingerprint density at radius 2 is 1.64 bits per heavy atom. The highest BCUT2D eigenvalue weighted by atomic mass is 32.5. The summed E-state index contributed by atoms with van der Waals surface area (Å²) >= 11 is 4.85. The Morgan fingerprint density at radius 3 is 2.25 bits per heavy atom. The number of hydrogen-bond donors (Lipinski definition) is 4. The highest BCUT2D eigenvalue weighted by molar-refractivity contribution is 8.07. The molecule has 238 valence electrons. The molecule has 0 amide bonds. The molecule has 0 radical (unpaired) electrons. The summed E-state index contributed by atoms with van der Waals surface area (Å²) in [4.78, 5) is 45.3. The van der Waals surface area contributed by atoms with E-state index in [-0.39, 0.29) is 47.3 Å². The largest absolute Gasteiger partial charge is 0.472 e. The van der Waals surface area contributed by atoms with Crippen LogP contribution in [-0.4, -0.2) is 87.5 Å². The number of halogens is 1. The van der Waals surface area contributed by atoms with E-state index in [9.17, 15) is 14.4 Å². The summed E-state index contributed by atoms with van der Waals surface area (Å²) in [7, 11) is -3.70. The van der Waals surface area contributed by atoms with E-state index in [4.69, 9.17) is 46.1 Å². The summed E-state index contributed by atoms with van der Waals surface area (Å²) in [5.41, 5.74) is 13.2. The summed E-state index contributed by atoms with van der Waals surface area (Å²) in [6.45, 7) is -2.40. The molecule has 6 rings (SSSR count). The molecule has 2 aliphatic rings. The van der Waals surface area contributed by atoms with Crippen molar-refractivity contribution in [1.82, 2.24) is 39.0 Å². The fourth-order valence-corrected chi connectivity index (χ4v) is 7.01. The molecule has 1 aliphatic heterocycles. The van der Waals surface area contributed by atoms with Crippen LogP contribution in [0.15, 0.2) is 25.3 Å². The first-order valence-electron chi connectivity index (χ1n) is 13.2. The lowest BCUT2D eigenvalue weighted by molar-refractivity contribution is -0.0449. The van der Waals surface area contributed by atoms with E-state index in [0.717, 1.165) is 7.11 Å². The van der Waals surface area contributed by atoms with Crippen LogP contribution in [0.4, 0.5) is 16.0 Å². The van der Waals surface area contributed by atoms with Crippen molar-refractivity contribution >= 4 is 60.3 Å². The van der Waals surface area contributed by atoms with Crippen molar-refractivity contribution in [3.63, 3.8) is 0 Å². The first-order valence-corrected chi connectivity index (χ1v) is 17.3. The van der Waals surface area contributed by atoms with Crippen molar-refractivity contribution < 1.29 is 41.6 Å². The Bertz CT molecular complexity index is 1780. The van der Waals surface area contributed by atoms with Crippen LogP contribution in [0.1, 0.15) is 25.6 Å². The highest BCUT2D eigenvalue weighted by Gasteiger charge is 2.51. The molecule has 1 aliphatic carbocycles. The van der Waals surface area contributed by atoms with Crippen LogP contribution in [0, 0.1) is 11.8 Å². The number of phosphoric acid groups is 1. The second kappa shape index (κ2) is 11.9. The Kier molecular flexibility index (Phi) is 8.42. The zero-order valence-electron chi connectivity index (χ0n) is 23.2. The number of rotatable bonds is 11. The molecule has 5 heterocycles. The lowest BCUT2D eigenvalue weighted by Crippen LogP contribution is -2.39. The summed E-state index contributed by atoms with van der Waals surface area (Å²) in [6.07, 6.45) is -0.488. The van der Waals surface area contributed by atoms with E-state index < -0.39 is 45.8 Å². The van der Waals surface area contributed by atoms with Gasteiger partial charge in [0.25, 0.3) is 0 Å². The van der Waals surface area contributed by atoms with Crippen LogP contribution in [0.5, 0.6) is 0 Å². The molecular weight excluding hydrogens is 645 g/mol. The quantitative estimate of drug-likeness (QED) is 0.165. The molecule has 4 aromatic heterocycles. The van der Waals surface area contributed by atoms with Crippen LogP contribution in [-0.2, 0) is 39.2 Å². The highest BCUT2D eigenvalue weighted by Crippen LogP contribution is 2.53. The Hall–Kier alpha value is -2.77. The first kappa shape index (κ1) is 31.2. The molecular formula is C22H29FN10O8P2S. The number of nitrogens with two attached hydrogens (primary N) is 2. The molecule has 18 nitrogen and oxygen atoms in total. The van der Waals surface area contributed by atoms with Gasteiger partial charge < -0.3 is 39.6 Å². The number of anilines is 2. The SMILES string of the molecule is COP(O)(=S)OC[C@H]1O[C@@H](n2cnc3c(N)ncnc32)[C@H](F)[C@@H]1OP(=O)(O)OC[C@H]1C[C@@H](n2cnc3c(N)ncnc32)[C@@H]1C. The van der Waals surface area contributed by atoms with Gasteiger partial charge in [0.2, 0.25) is 0 Å². The maximum Gasteiger partial charge on any atom is 0.472 e. The number of aromatic nitrogens is 8. The Labute approximate surface area is 253 Å². The number of nitrogens with zero attached hydrogens (tertiary/aromatic N) is 8. The third kappa shape index (κ3) is 5.82. The minimum Gasteiger partial charge on any atom is -0.382 e. The van der Waals surface area contributed by atoms with Gasteiger partial charge in [0, 0.05) is 13.2 Å². The van der Waals surface area contributed by atoms with E-state index in [1.54, 1.807) is 6.33 Å². The number of hydrogen-bond acceptors (Lipinski definition) is 15. The second-order valence-corrected chi connectivity index (χ2v) is 14.7.